The molecule has 0 spiro atoms. The van der Waals surface area contributed by atoms with E-state index < -0.39 is 5.41 Å². The summed E-state index contributed by atoms with van der Waals surface area (Å²) in [4.78, 5) is 2.54. The first-order chi connectivity index (χ1) is 31.6. The van der Waals surface area contributed by atoms with E-state index in [1.165, 1.54) is 89.1 Å². The van der Waals surface area contributed by atoms with E-state index in [1.807, 2.05) is 0 Å². The van der Waals surface area contributed by atoms with Crippen molar-refractivity contribution in [3.8, 4) is 44.5 Å². The Morgan fingerprint density at radius 3 is 1.37 bits per heavy atom. The molecule has 0 bridgehead atoms. The first kappa shape index (κ1) is 40.5. The first-order valence-electron chi connectivity index (χ1n) is 23.3. The molecule has 0 amide bonds. The number of aryl methyl sites for hydroxylation is 1. The Balaban J connectivity index is 1.27. The molecule has 0 atom stereocenters. The van der Waals surface area contributed by atoms with Crippen LogP contribution in [-0.2, 0) is 16.2 Å². The molecule has 2 aliphatic carbocycles. The van der Waals surface area contributed by atoms with Gasteiger partial charge in [0.15, 0.2) is 0 Å². The van der Waals surface area contributed by atoms with Crippen LogP contribution in [-0.4, -0.2) is 0 Å². The van der Waals surface area contributed by atoms with E-state index in [4.69, 9.17) is 0 Å². The minimum absolute atomic E-state index is 0.0300. The van der Waals surface area contributed by atoms with Gasteiger partial charge in [-0.15, -0.1) is 0 Å². The Labute approximate surface area is 385 Å². The predicted octanol–water partition coefficient (Wildman–Crippen LogP) is 17.2. The molecule has 0 heterocycles. The van der Waals surface area contributed by atoms with Gasteiger partial charge in [-0.3, -0.25) is 0 Å². The molecule has 11 rings (SSSR count). The summed E-state index contributed by atoms with van der Waals surface area (Å²) >= 11 is 0. The molecule has 316 valence electrons. The second-order valence-corrected chi connectivity index (χ2v) is 19.6. The lowest BCUT2D eigenvalue weighted by atomic mass is 9.61. The van der Waals surface area contributed by atoms with Gasteiger partial charge in [-0.25, -0.2) is 0 Å². The van der Waals surface area contributed by atoms with E-state index in [1.54, 1.807) is 0 Å². The highest BCUT2D eigenvalue weighted by molar-refractivity contribution is 5.98. The number of rotatable bonds is 8. The molecule has 0 aliphatic heterocycles. The average molecular weight is 838 g/mol. The van der Waals surface area contributed by atoms with E-state index in [0.717, 1.165) is 24.2 Å². The number of hydrogen-bond donors (Lipinski definition) is 0. The Kier molecular flexibility index (Phi) is 9.85. The first-order valence-corrected chi connectivity index (χ1v) is 23.3. The lowest BCUT2D eigenvalue weighted by Gasteiger charge is -2.44. The maximum atomic E-state index is 2.58. The molecule has 65 heavy (non-hydrogen) atoms. The van der Waals surface area contributed by atoms with Crippen LogP contribution in [0, 0.1) is 6.92 Å². The highest BCUT2D eigenvalue weighted by Gasteiger charge is 2.47. The Morgan fingerprint density at radius 1 is 0.369 bits per heavy atom. The van der Waals surface area contributed by atoms with Gasteiger partial charge in [-0.05, 0) is 145 Å². The topological polar surface area (TPSA) is 3.24 Å². The summed E-state index contributed by atoms with van der Waals surface area (Å²) in [6.07, 6.45) is 2.29. The van der Waals surface area contributed by atoms with Crippen LogP contribution in [0.4, 0.5) is 17.1 Å². The summed E-state index contributed by atoms with van der Waals surface area (Å²) in [5.41, 5.74) is 22.2. The van der Waals surface area contributed by atoms with Crippen molar-refractivity contribution in [3.63, 3.8) is 0 Å². The van der Waals surface area contributed by atoms with Crippen LogP contribution in [0.1, 0.15) is 79.5 Å². The fraction of sp³-hybridized carbons (Fsp3) is 0.156. The zero-order valence-electron chi connectivity index (χ0n) is 38.1. The molecule has 9 aromatic rings. The highest BCUT2D eigenvalue weighted by atomic mass is 15.1. The molecule has 0 saturated carbocycles. The smallest absolute Gasteiger partial charge is 0.0714 e. The van der Waals surface area contributed by atoms with Gasteiger partial charge in [0.25, 0.3) is 0 Å². The van der Waals surface area contributed by atoms with Gasteiger partial charge in [0.1, 0.15) is 0 Å². The van der Waals surface area contributed by atoms with E-state index in [9.17, 15) is 0 Å². The van der Waals surface area contributed by atoms with Crippen molar-refractivity contribution in [2.75, 3.05) is 4.90 Å². The summed E-state index contributed by atoms with van der Waals surface area (Å²) in [6, 6.07) is 81.5. The lowest BCUT2D eigenvalue weighted by Crippen LogP contribution is -2.34. The Bertz CT molecular complexity index is 3040. The minimum Gasteiger partial charge on any atom is -0.310 e. The fourth-order valence-corrected chi connectivity index (χ4v) is 11.4. The van der Waals surface area contributed by atoms with Gasteiger partial charge >= 0.3 is 0 Å². The largest absolute Gasteiger partial charge is 0.310 e. The van der Waals surface area contributed by atoms with Crippen LogP contribution in [0.5, 0.6) is 0 Å². The monoisotopic (exact) mass is 837 g/mol. The third-order valence-electron chi connectivity index (χ3n) is 14.7. The molecule has 1 nitrogen and oxygen atoms in total. The quantitative estimate of drug-likeness (QED) is 0.147. The summed E-state index contributed by atoms with van der Waals surface area (Å²) < 4.78 is 0. The standard InChI is InChI=1S/C64H55N/c1-44-30-39-57-61(63(4,5)41-40-62(57,2)3)60(44)55-42-54-53-28-18-19-29-56(53)64(49-24-14-8-15-25-49,50-26-16-9-17-27-50)58(54)43-59(55)65(51-35-31-47(32-36-51)45-20-10-6-11-21-45)52-37-33-48(34-38-52)46-22-12-7-13-23-46/h6-39,42-43H,40-41H2,1-5H3. The molecule has 0 N–H and O–H groups in total. The van der Waals surface area contributed by atoms with Crippen molar-refractivity contribution in [3.05, 3.63) is 257 Å². The average Bonchev–Trinajstić information content (AvgIpc) is 3.64. The van der Waals surface area contributed by atoms with Crippen molar-refractivity contribution in [2.24, 2.45) is 0 Å². The SMILES string of the molecule is Cc1ccc2c(c1-c1cc3c(cc1N(c1ccc(-c4ccccc4)cc1)c1ccc(-c4ccccc4)cc1)C(c1ccccc1)(c1ccccc1)c1ccccc1-3)C(C)(C)CCC2(C)C. The molecule has 0 saturated heterocycles. The molecule has 0 unspecified atom stereocenters. The van der Waals surface area contributed by atoms with Gasteiger partial charge in [0.2, 0.25) is 0 Å². The summed E-state index contributed by atoms with van der Waals surface area (Å²) in [5.74, 6) is 0. The summed E-state index contributed by atoms with van der Waals surface area (Å²) in [6.45, 7) is 12.2. The summed E-state index contributed by atoms with van der Waals surface area (Å²) in [5, 5.41) is 0. The van der Waals surface area contributed by atoms with Gasteiger partial charge in [-0.2, -0.15) is 0 Å². The molecular weight excluding hydrogens is 783 g/mol. The van der Waals surface area contributed by atoms with Crippen LogP contribution in [0.3, 0.4) is 0 Å². The maximum absolute atomic E-state index is 2.58. The molecule has 0 fully saturated rings. The van der Waals surface area contributed by atoms with E-state index in [0.29, 0.717) is 0 Å². The zero-order chi connectivity index (χ0) is 44.3. The normalized spacial score (nSPS) is 15.1. The van der Waals surface area contributed by atoms with E-state index in [2.05, 4.69) is 258 Å². The van der Waals surface area contributed by atoms with Gasteiger partial charge in [0, 0.05) is 16.9 Å². The molecule has 1 heteroatoms. The van der Waals surface area contributed by atoms with Crippen LogP contribution in [0.25, 0.3) is 44.5 Å². The number of nitrogens with zero attached hydrogens (tertiary/aromatic N) is 1. The second-order valence-electron chi connectivity index (χ2n) is 19.6. The van der Waals surface area contributed by atoms with Gasteiger partial charge < -0.3 is 4.90 Å². The van der Waals surface area contributed by atoms with Crippen molar-refractivity contribution in [1.29, 1.82) is 0 Å². The fourth-order valence-electron chi connectivity index (χ4n) is 11.4. The van der Waals surface area contributed by atoms with E-state index >= 15 is 0 Å². The van der Waals surface area contributed by atoms with Crippen molar-refractivity contribution >= 4 is 17.1 Å². The van der Waals surface area contributed by atoms with Crippen LogP contribution in [0.2, 0.25) is 0 Å². The number of hydrogen-bond acceptors (Lipinski definition) is 1. The van der Waals surface area contributed by atoms with Crippen LogP contribution in [0.15, 0.2) is 218 Å². The molecular formula is C64H55N. The molecule has 9 aromatic carbocycles. The van der Waals surface area contributed by atoms with Crippen LogP contribution >= 0.6 is 0 Å². The number of fused-ring (bicyclic) bond motifs is 4. The molecule has 2 aliphatic rings. The minimum atomic E-state index is -0.561. The summed E-state index contributed by atoms with van der Waals surface area (Å²) in [7, 11) is 0. The van der Waals surface area contributed by atoms with Crippen molar-refractivity contribution in [1.82, 2.24) is 0 Å². The van der Waals surface area contributed by atoms with Gasteiger partial charge in [-0.1, -0.05) is 210 Å². The van der Waals surface area contributed by atoms with Crippen LogP contribution < -0.4 is 4.90 Å². The number of anilines is 3. The van der Waals surface area contributed by atoms with E-state index in [-0.39, 0.29) is 10.8 Å². The molecule has 0 radical (unpaired) electrons. The highest BCUT2D eigenvalue weighted by Crippen LogP contribution is 2.60. The molecule has 0 aromatic heterocycles. The third kappa shape index (κ3) is 6.67. The zero-order valence-corrected chi connectivity index (χ0v) is 38.1. The lowest BCUT2D eigenvalue weighted by molar-refractivity contribution is 0.332. The Hall–Kier alpha value is -7.22. The maximum Gasteiger partial charge on any atom is 0.0714 e. The Morgan fingerprint density at radius 2 is 0.831 bits per heavy atom. The second kappa shape index (κ2) is 15.8. The predicted molar refractivity (Wildman–Crippen MR) is 275 cm³/mol. The number of benzene rings is 9. The van der Waals surface area contributed by atoms with Crippen molar-refractivity contribution < 1.29 is 0 Å². The van der Waals surface area contributed by atoms with Crippen molar-refractivity contribution in [2.45, 2.75) is 63.7 Å². The third-order valence-corrected chi connectivity index (χ3v) is 14.7. The van der Waals surface area contributed by atoms with Gasteiger partial charge in [0.05, 0.1) is 11.1 Å².